The Morgan fingerprint density at radius 2 is 2.38 bits per heavy atom. The first-order valence-electron chi connectivity index (χ1n) is 4.11. The lowest BCUT2D eigenvalue weighted by molar-refractivity contribution is 0.431. The zero-order valence-corrected chi connectivity index (χ0v) is 7.77. The first-order valence-corrected chi connectivity index (χ1v) is 5.15. The quantitative estimate of drug-likeness (QED) is 0.724. The van der Waals surface area contributed by atoms with E-state index >= 15 is 0 Å². The third kappa shape index (κ3) is 1.78. The number of hydrogen-bond acceptors (Lipinski definition) is 3. The van der Waals surface area contributed by atoms with E-state index in [0.29, 0.717) is 0 Å². The molecule has 1 aliphatic heterocycles. The number of thioether (sulfide) groups is 1. The second-order valence-electron chi connectivity index (χ2n) is 2.92. The van der Waals surface area contributed by atoms with E-state index in [1.54, 1.807) is 17.8 Å². The van der Waals surface area contributed by atoms with E-state index in [-0.39, 0.29) is 11.1 Å². The predicted molar refractivity (Wildman–Crippen MR) is 51.3 cm³/mol. The summed E-state index contributed by atoms with van der Waals surface area (Å²) < 4.78 is 12.9. The molecule has 0 aliphatic carbocycles. The van der Waals surface area contributed by atoms with Gasteiger partial charge in [-0.3, -0.25) is 0 Å². The molecule has 1 atom stereocenters. The predicted octanol–water partition coefficient (Wildman–Crippen LogP) is 1.87. The molecule has 1 heterocycles. The van der Waals surface area contributed by atoms with Crippen LogP contribution in [0.4, 0.5) is 4.39 Å². The smallest absolute Gasteiger partial charge is 0.165 e. The average Bonchev–Trinajstić information content (AvgIpc) is 2.62. The topological polar surface area (TPSA) is 32.3 Å². The summed E-state index contributed by atoms with van der Waals surface area (Å²) in [6.45, 7) is 0.956. The lowest BCUT2D eigenvalue weighted by Gasteiger charge is -2.09. The standard InChI is InChI=1S/C9H10FNOS/c10-7-5-6(1-2-8(7)12)9-11-3-4-13-9/h1-2,5,9,11-12H,3-4H2. The number of nitrogens with one attached hydrogen (secondary N) is 1. The summed E-state index contributed by atoms with van der Waals surface area (Å²) in [4.78, 5) is 0. The summed E-state index contributed by atoms with van der Waals surface area (Å²) in [5.74, 6) is 0.214. The number of benzene rings is 1. The van der Waals surface area contributed by atoms with Crippen molar-refractivity contribution in [1.82, 2.24) is 5.32 Å². The minimum Gasteiger partial charge on any atom is -0.505 e. The molecule has 2 N–H and O–H groups in total. The monoisotopic (exact) mass is 199 g/mol. The summed E-state index contributed by atoms with van der Waals surface area (Å²) >= 11 is 1.75. The van der Waals surface area contributed by atoms with Crippen molar-refractivity contribution in [3.8, 4) is 5.75 Å². The molecule has 2 nitrogen and oxygen atoms in total. The molecular formula is C9H10FNOS. The summed E-state index contributed by atoms with van der Waals surface area (Å²) in [6, 6.07) is 4.52. The molecule has 70 valence electrons. The van der Waals surface area contributed by atoms with Gasteiger partial charge in [0.1, 0.15) is 0 Å². The van der Waals surface area contributed by atoms with Crippen LogP contribution in [0.2, 0.25) is 0 Å². The van der Waals surface area contributed by atoms with Crippen LogP contribution in [0.3, 0.4) is 0 Å². The third-order valence-corrected chi connectivity index (χ3v) is 3.20. The van der Waals surface area contributed by atoms with Crippen molar-refractivity contribution >= 4 is 11.8 Å². The van der Waals surface area contributed by atoms with Gasteiger partial charge >= 0.3 is 0 Å². The van der Waals surface area contributed by atoms with Gasteiger partial charge in [-0.05, 0) is 17.7 Å². The Hall–Kier alpha value is -0.740. The molecule has 1 aliphatic rings. The number of phenolic OH excluding ortho intramolecular Hbond substituents is 1. The van der Waals surface area contributed by atoms with Crippen molar-refractivity contribution in [3.05, 3.63) is 29.6 Å². The largest absolute Gasteiger partial charge is 0.505 e. The van der Waals surface area contributed by atoms with Gasteiger partial charge in [0, 0.05) is 12.3 Å². The van der Waals surface area contributed by atoms with E-state index in [1.165, 1.54) is 12.1 Å². The van der Waals surface area contributed by atoms with Gasteiger partial charge in [-0.1, -0.05) is 6.07 Å². The van der Waals surface area contributed by atoms with Gasteiger partial charge in [0.25, 0.3) is 0 Å². The van der Waals surface area contributed by atoms with E-state index in [2.05, 4.69) is 5.32 Å². The second kappa shape index (κ2) is 3.55. The van der Waals surface area contributed by atoms with Gasteiger partial charge in [-0.2, -0.15) is 0 Å². The molecule has 0 saturated carbocycles. The maximum absolute atomic E-state index is 12.9. The summed E-state index contributed by atoms with van der Waals surface area (Å²) in [5.41, 5.74) is 0.887. The van der Waals surface area contributed by atoms with Crippen LogP contribution < -0.4 is 5.32 Å². The highest BCUT2D eigenvalue weighted by atomic mass is 32.2. The molecule has 0 aromatic heterocycles. The molecule has 1 unspecified atom stereocenters. The minimum absolute atomic E-state index is 0.176. The Balaban J connectivity index is 2.25. The Morgan fingerprint density at radius 3 is 3.00 bits per heavy atom. The molecule has 1 saturated heterocycles. The maximum atomic E-state index is 12.9. The molecule has 13 heavy (non-hydrogen) atoms. The lowest BCUT2D eigenvalue weighted by atomic mass is 10.2. The highest BCUT2D eigenvalue weighted by Crippen LogP contribution is 2.31. The first kappa shape index (κ1) is 8.84. The van der Waals surface area contributed by atoms with Crippen LogP contribution >= 0.6 is 11.8 Å². The van der Waals surface area contributed by atoms with E-state index in [1.807, 2.05) is 0 Å². The van der Waals surface area contributed by atoms with Gasteiger partial charge in [0.15, 0.2) is 11.6 Å². The molecular weight excluding hydrogens is 189 g/mol. The number of halogens is 1. The fraction of sp³-hybridized carbons (Fsp3) is 0.333. The number of rotatable bonds is 1. The molecule has 2 rings (SSSR count). The third-order valence-electron chi connectivity index (χ3n) is 1.99. The van der Waals surface area contributed by atoms with E-state index in [9.17, 15) is 4.39 Å². The van der Waals surface area contributed by atoms with E-state index < -0.39 is 5.82 Å². The Morgan fingerprint density at radius 1 is 1.54 bits per heavy atom. The summed E-state index contributed by atoms with van der Waals surface area (Å²) in [7, 11) is 0. The van der Waals surface area contributed by atoms with Crippen molar-refractivity contribution in [2.75, 3.05) is 12.3 Å². The van der Waals surface area contributed by atoms with Crippen LogP contribution in [-0.2, 0) is 0 Å². The molecule has 0 radical (unpaired) electrons. The average molecular weight is 199 g/mol. The normalized spacial score (nSPS) is 22.1. The van der Waals surface area contributed by atoms with E-state index in [0.717, 1.165) is 17.9 Å². The van der Waals surface area contributed by atoms with Gasteiger partial charge in [-0.25, -0.2) is 4.39 Å². The lowest BCUT2D eigenvalue weighted by Crippen LogP contribution is -2.11. The summed E-state index contributed by atoms with van der Waals surface area (Å²) in [6.07, 6.45) is 0. The molecule has 1 fully saturated rings. The van der Waals surface area contributed by atoms with Gasteiger partial charge in [0.05, 0.1) is 5.37 Å². The highest BCUT2D eigenvalue weighted by molar-refractivity contribution is 7.99. The fourth-order valence-corrected chi connectivity index (χ4v) is 2.37. The van der Waals surface area contributed by atoms with Crippen LogP contribution in [0.25, 0.3) is 0 Å². The van der Waals surface area contributed by atoms with Gasteiger partial charge in [0.2, 0.25) is 0 Å². The van der Waals surface area contributed by atoms with Crippen molar-refractivity contribution in [2.24, 2.45) is 0 Å². The summed E-state index contributed by atoms with van der Waals surface area (Å²) in [5, 5.41) is 12.4. The van der Waals surface area contributed by atoms with Gasteiger partial charge < -0.3 is 10.4 Å². The maximum Gasteiger partial charge on any atom is 0.165 e. The number of phenols is 1. The second-order valence-corrected chi connectivity index (χ2v) is 4.13. The minimum atomic E-state index is -0.549. The van der Waals surface area contributed by atoms with Gasteiger partial charge in [-0.15, -0.1) is 11.8 Å². The Bertz CT molecular complexity index is 312. The van der Waals surface area contributed by atoms with Crippen molar-refractivity contribution in [2.45, 2.75) is 5.37 Å². The first-order chi connectivity index (χ1) is 6.27. The number of hydrogen-bond donors (Lipinski definition) is 2. The van der Waals surface area contributed by atoms with Crippen LogP contribution in [0.1, 0.15) is 10.9 Å². The molecule has 4 heteroatoms. The van der Waals surface area contributed by atoms with Crippen LogP contribution in [-0.4, -0.2) is 17.4 Å². The Kier molecular flexibility index (Phi) is 2.42. The van der Waals surface area contributed by atoms with Crippen LogP contribution in [0.5, 0.6) is 5.75 Å². The highest BCUT2D eigenvalue weighted by Gasteiger charge is 2.17. The zero-order valence-electron chi connectivity index (χ0n) is 6.96. The van der Waals surface area contributed by atoms with Crippen LogP contribution in [0, 0.1) is 5.82 Å². The molecule has 0 amide bonds. The number of aromatic hydroxyl groups is 1. The van der Waals surface area contributed by atoms with Crippen molar-refractivity contribution < 1.29 is 9.50 Å². The molecule has 1 aromatic rings. The van der Waals surface area contributed by atoms with E-state index in [4.69, 9.17) is 5.11 Å². The van der Waals surface area contributed by atoms with Crippen molar-refractivity contribution in [1.29, 1.82) is 0 Å². The molecule has 0 spiro atoms. The molecule has 1 aromatic carbocycles. The molecule has 0 bridgehead atoms. The van der Waals surface area contributed by atoms with Crippen LogP contribution in [0.15, 0.2) is 18.2 Å². The SMILES string of the molecule is Oc1ccc(C2NCCS2)cc1F. The van der Waals surface area contributed by atoms with Crippen molar-refractivity contribution in [3.63, 3.8) is 0 Å². The Labute approximate surface area is 80.2 Å². The zero-order chi connectivity index (χ0) is 9.26. The fourth-order valence-electron chi connectivity index (χ4n) is 1.33.